The quantitative estimate of drug-likeness (QED) is 0.180. The van der Waals surface area contributed by atoms with Gasteiger partial charge >= 0.3 is 11.9 Å². The average Bonchev–Trinajstić information content (AvgIpc) is 3.67. The van der Waals surface area contributed by atoms with Crippen LogP contribution in [0.3, 0.4) is 0 Å². The molecule has 342 valence electrons. The predicted octanol–water partition coefficient (Wildman–Crippen LogP) is 3.25. The fourth-order valence-corrected chi connectivity index (χ4v) is 7.02. The van der Waals surface area contributed by atoms with Crippen LogP contribution in [0, 0.1) is 17.8 Å². The van der Waals surface area contributed by atoms with E-state index < -0.39 is 108 Å². The highest BCUT2D eigenvalue weighted by Crippen LogP contribution is 2.23. The monoisotopic (exact) mass is 859 g/mol. The number of hydrogen-bond acceptors (Lipinski definition) is 11. The lowest BCUT2D eigenvalue weighted by Gasteiger charge is -2.35. The van der Waals surface area contributed by atoms with E-state index >= 15 is 0 Å². The summed E-state index contributed by atoms with van der Waals surface area (Å²) in [5.74, 6) is -5.49. The third-order valence-electron chi connectivity index (χ3n) is 10.9. The number of carboxylic acid groups (broad SMARTS) is 1. The molecular formula is C44H69N5O12. The Morgan fingerprint density at radius 1 is 0.852 bits per heavy atom. The Morgan fingerprint density at radius 2 is 1.44 bits per heavy atom. The second kappa shape index (κ2) is 22.9. The topological polar surface area (TPSA) is 228 Å². The van der Waals surface area contributed by atoms with Gasteiger partial charge < -0.3 is 50.2 Å². The van der Waals surface area contributed by atoms with E-state index in [-0.39, 0.29) is 44.6 Å². The molecule has 0 bridgehead atoms. The van der Waals surface area contributed by atoms with E-state index in [1.807, 2.05) is 48.5 Å². The summed E-state index contributed by atoms with van der Waals surface area (Å²) in [5, 5.41) is 20.6. The SMILES string of the molecule is CC[C@H](C)[C@@H]1NC(=O)[C@H](Cc2ccc(OC(C)(C)C)cc2)N(C)C(=O)[C@H]([C@@H](C)CC)NC(=O)[C@H](CCC2OC[C@@H](C(=O)O)O2)NC(=O)[C@H](CC(C)C)NC(=O)C[C@@H](C)OC1=O. The molecule has 5 N–H and O–H groups in total. The normalized spacial score (nSPS) is 27.7. The maximum Gasteiger partial charge on any atom is 0.335 e. The fourth-order valence-electron chi connectivity index (χ4n) is 7.02. The number of likely N-dealkylation sites (N-methyl/N-ethyl adjacent to an activating group) is 1. The number of esters is 1. The molecule has 3 rings (SSSR count). The summed E-state index contributed by atoms with van der Waals surface area (Å²) >= 11 is 0. The molecule has 1 aromatic carbocycles. The number of benzene rings is 1. The van der Waals surface area contributed by atoms with Crippen molar-refractivity contribution in [1.29, 1.82) is 0 Å². The summed E-state index contributed by atoms with van der Waals surface area (Å²) in [5.41, 5.74) is 0.232. The van der Waals surface area contributed by atoms with E-state index in [0.29, 0.717) is 24.2 Å². The Hall–Kier alpha value is -4.77. The molecule has 61 heavy (non-hydrogen) atoms. The summed E-state index contributed by atoms with van der Waals surface area (Å²) in [6, 6.07) is 1.24. The number of carbonyl (C=O) groups excluding carboxylic acids is 6. The molecule has 2 saturated heterocycles. The van der Waals surface area contributed by atoms with Crippen LogP contribution in [0.1, 0.15) is 113 Å². The van der Waals surface area contributed by atoms with Crippen molar-refractivity contribution in [2.45, 2.75) is 168 Å². The Labute approximate surface area is 360 Å². The molecule has 0 radical (unpaired) electrons. The molecule has 0 spiro atoms. The van der Waals surface area contributed by atoms with Gasteiger partial charge in [0.2, 0.25) is 29.5 Å². The zero-order valence-electron chi connectivity index (χ0n) is 37.7. The van der Waals surface area contributed by atoms with Crippen LogP contribution in [0.2, 0.25) is 0 Å². The first-order valence-electron chi connectivity index (χ1n) is 21.5. The highest BCUT2D eigenvalue weighted by Gasteiger charge is 2.40. The largest absolute Gasteiger partial charge is 0.488 e. The molecule has 2 heterocycles. The van der Waals surface area contributed by atoms with Crippen molar-refractivity contribution in [2.75, 3.05) is 13.7 Å². The van der Waals surface area contributed by atoms with Gasteiger partial charge in [0.15, 0.2) is 12.4 Å². The molecule has 1 aromatic rings. The first kappa shape index (κ1) is 50.6. The number of nitrogens with zero attached hydrogens (tertiary/aromatic N) is 1. The van der Waals surface area contributed by atoms with E-state index in [9.17, 15) is 38.7 Å². The number of carbonyl (C=O) groups is 7. The van der Waals surface area contributed by atoms with Crippen LogP contribution >= 0.6 is 0 Å². The number of ether oxygens (including phenoxy) is 4. The van der Waals surface area contributed by atoms with Crippen molar-refractivity contribution in [1.82, 2.24) is 26.2 Å². The van der Waals surface area contributed by atoms with Gasteiger partial charge in [-0.05, 0) is 76.0 Å². The first-order chi connectivity index (χ1) is 28.5. The average molecular weight is 860 g/mol. The third-order valence-corrected chi connectivity index (χ3v) is 10.9. The predicted molar refractivity (Wildman–Crippen MR) is 225 cm³/mol. The molecule has 0 aromatic heterocycles. The zero-order chi connectivity index (χ0) is 45.8. The summed E-state index contributed by atoms with van der Waals surface area (Å²) in [6.07, 6.45) is -2.36. The van der Waals surface area contributed by atoms with Gasteiger partial charge in [-0.2, -0.15) is 0 Å². The summed E-state index contributed by atoms with van der Waals surface area (Å²) in [7, 11) is 1.47. The highest BCUT2D eigenvalue weighted by molar-refractivity contribution is 5.96. The molecular weight excluding hydrogens is 791 g/mol. The molecule has 10 atom stereocenters. The Kier molecular flexibility index (Phi) is 19.0. The van der Waals surface area contributed by atoms with Crippen molar-refractivity contribution in [3.8, 4) is 5.75 Å². The van der Waals surface area contributed by atoms with Gasteiger partial charge in [-0.15, -0.1) is 0 Å². The van der Waals surface area contributed by atoms with E-state index in [1.165, 1.54) is 18.9 Å². The summed E-state index contributed by atoms with van der Waals surface area (Å²) in [4.78, 5) is 97.5. The van der Waals surface area contributed by atoms with Crippen molar-refractivity contribution in [3.63, 3.8) is 0 Å². The Bertz CT molecular complexity index is 1680. The summed E-state index contributed by atoms with van der Waals surface area (Å²) in [6.45, 7) is 18.1. The molecule has 0 saturated carbocycles. The van der Waals surface area contributed by atoms with Crippen LogP contribution in [-0.2, 0) is 54.2 Å². The number of rotatable bonds is 13. The lowest BCUT2D eigenvalue weighted by atomic mass is 9.94. The van der Waals surface area contributed by atoms with E-state index in [0.717, 1.165) is 0 Å². The minimum Gasteiger partial charge on any atom is -0.488 e. The second-order valence-electron chi connectivity index (χ2n) is 17.8. The minimum atomic E-state index is -1.29. The smallest absolute Gasteiger partial charge is 0.335 e. The van der Waals surface area contributed by atoms with Gasteiger partial charge in [-0.25, -0.2) is 9.59 Å². The van der Waals surface area contributed by atoms with Gasteiger partial charge in [-0.1, -0.05) is 66.5 Å². The first-order valence-corrected chi connectivity index (χ1v) is 21.5. The van der Waals surface area contributed by atoms with E-state index in [2.05, 4.69) is 21.3 Å². The molecule has 2 aliphatic heterocycles. The lowest BCUT2D eigenvalue weighted by molar-refractivity contribution is -0.155. The molecule has 17 heteroatoms. The number of carboxylic acids is 1. The van der Waals surface area contributed by atoms with E-state index in [4.69, 9.17) is 18.9 Å². The lowest BCUT2D eigenvalue weighted by Crippen LogP contribution is -2.61. The molecule has 5 amide bonds. The molecule has 17 nitrogen and oxygen atoms in total. The highest BCUT2D eigenvalue weighted by atomic mass is 16.7. The number of nitrogens with one attached hydrogen (secondary N) is 4. The van der Waals surface area contributed by atoms with Crippen molar-refractivity contribution >= 4 is 41.5 Å². The van der Waals surface area contributed by atoms with Gasteiger partial charge in [-0.3, -0.25) is 24.0 Å². The fraction of sp³-hybridized carbons (Fsp3) is 0.705. The van der Waals surface area contributed by atoms with E-state index in [1.54, 1.807) is 38.1 Å². The zero-order valence-corrected chi connectivity index (χ0v) is 37.7. The van der Waals surface area contributed by atoms with Crippen LogP contribution < -0.4 is 26.0 Å². The van der Waals surface area contributed by atoms with Gasteiger partial charge in [0, 0.05) is 19.9 Å². The summed E-state index contributed by atoms with van der Waals surface area (Å²) < 4.78 is 22.7. The minimum absolute atomic E-state index is 0.00720. The molecule has 0 aliphatic carbocycles. The van der Waals surface area contributed by atoms with Crippen LogP contribution in [-0.4, -0.2) is 119 Å². The Balaban J connectivity index is 2.12. The standard InChI is InChI=1S/C44H69N5O12/c1-12-25(5)36-41(54)49(11)32(22-28-14-16-29(17-15-28)61-44(8,9)10)40(53)48-37(26(6)13-2)43(57)59-27(7)21-34(50)45-31(20-24(3)4)39(52)46-30(38(51)47-36)18-19-35-58-23-33(60-35)42(55)56/h14-17,24-27,30-33,35-37H,12-13,18-23H2,1-11H3,(H,45,50)(H,46,52)(H,47,51)(H,48,53)(H,55,56)/t25-,26-,27+,30-,31-,32-,33-,35?,36-,37-/m0/s1. The second-order valence-corrected chi connectivity index (χ2v) is 17.8. The number of hydrogen-bond donors (Lipinski definition) is 5. The van der Waals surface area contributed by atoms with Gasteiger partial charge in [0.25, 0.3) is 0 Å². The number of amides is 5. The molecule has 2 fully saturated rings. The van der Waals surface area contributed by atoms with Gasteiger partial charge in [0.05, 0.1) is 13.0 Å². The van der Waals surface area contributed by atoms with Gasteiger partial charge in [0.1, 0.15) is 47.7 Å². The molecule has 2 aliphatic rings. The maximum atomic E-state index is 14.7. The van der Waals surface area contributed by atoms with Crippen molar-refractivity contribution < 1.29 is 57.6 Å². The van der Waals surface area contributed by atoms with Crippen LogP contribution in [0.25, 0.3) is 0 Å². The molecule has 1 unspecified atom stereocenters. The third kappa shape index (κ3) is 15.6. The van der Waals surface area contributed by atoms with Crippen LogP contribution in [0.5, 0.6) is 5.75 Å². The number of aliphatic carboxylic acids is 1. The maximum absolute atomic E-state index is 14.7. The van der Waals surface area contributed by atoms with Crippen LogP contribution in [0.15, 0.2) is 24.3 Å². The number of cyclic esters (lactones) is 1. The van der Waals surface area contributed by atoms with Crippen molar-refractivity contribution in [3.05, 3.63) is 29.8 Å². The van der Waals surface area contributed by atoms with Crippen LogP contribution in [0.4, 0.5) is 0 Å². The Morgan fingerprint density at radius 3 is 2.00 bits per heavy atom. The van der Waals surface area contributed by atoms with Crippen molar-refractivity contribution in [2.24, 2.45) is 17.8 Å².